The zero-order chi connectivity index (χ0) is 9.26. The van der Waals surface area contributed by atoms with E-state index in [9.17, 15) is 0 Å². The van der Waals surface area contributed by atoms with Gasteiger partial charge in [-0.2, -0.15) is 0 Å². The van der Waals surface area contributed by atoms with Gasteiger partial charge in [0.05, 0.1) is 0 Å². The Hall–Kier alpha value is -0.960. The van der Waals surface area contributed by atoms with Gasteiger partial charge in [0.25, 0.3) is 0 Å². The first-order valence-corrected chi connectivity index (χ1v) is 4.79. The van der Waals surface area contributed by atoms with E-state index < -0.39 is 0 Å². The van der Waals surface area contributed by atoms with Crippen LogP contribution in [0.2, 0.25) is 0 Å². The zero-order valence-electron chi connectivity index (χ0n) is 7.85. The average molecular weight is 177 g/mol. The first-order chi connectivity index (χ1) is 6.29. The van der Waals surface area contributed by atoms with E-state index in [0.29, 0.717) is 17.9 Å². The topological polar surface area (TPSA) is 51.8 Å². The smallest absolute Gasteiger partial charge is 0.115 e. The van der Waals surface area contributed by atoms with Crippen molar-refractivity contribution in [2.75, 3.05) is 0 Å². The largest absolute Gasteiger partial charge is 0.327 e. The van der Waals surface area contributed by atoms with Crippen LogP contribution in [0.4, 0.5) is 0 Å². The molecule has 3 nitrogen and oxygen atoms in total. The maximum absolute atomic E-state index is 5.97. The number of nitrogens with two attached hydrogens (primary N) is 1. The van der Waals surface area contributed by atoms with Crippen LogP contribution in [0.15, 0.2) is 18.7 Å². The molecule has 13 heavy (non-hydrogen) atoms. The molecule has 0 aromatic carbocycles. The fourth-order valence-corrected chi connectivity index (χ4v) is 2.17. The average Bonchev–Trinajstić information content (AvgIpc) is 2.49. The first kappa shape index (κ1) is 8.63. The van der Waals surface area contributed by atoms with E-state index in [1.807, 2.05) is 12.4 Å². The maximum atomic E-state index is 5.97. The Morgan fingerprint density at radius 3 is 2.54 bits per heavy atom. The van der Waals surface area contributed by atoms with Crippen molar-refractivity contribution >= 4 is 0 Å². The highest BCUT2D eigenvalue weighted by atomic mass is 14.8. The van der Waals surface area contributed by atoms with Crippen molar-refractivity contribution in [3.05, 3.63) is 24.3 Å². The second-order valence-corrected chi connectivity index (χ2v) is 3.88. The van der Waals surface area contributed by atoms with Crippen LogP contribution in [0.25, 0.3) is 0 Å². The van der Waals surface area contributed by atoms with Crippen molar-refractivity contribution in [2.24, 2.45) is 11.7 Å². The third-order valence-corrected chi connectivity index (χ3v) is 3.13. The highest BCUT2D eigenvalue weighted by Crippen LogP contribution is 2.37. The van der Waals surface area contributed by atoms with Gasteiger partial charge in [-0.15, -0.1) is 0 Å². The van der Waals surface area contributed by atoms with Crippen molar-refractivity contribution in [1.29, 1.82) is 0 Å². The summed E-state index contributed by atoms with van der Waals surface area (Å²) in [6, 6.07) is 0.352. The lowest BCUT2D eigenvalue weighted by molar-refractivity contribution is 0.477. The lowest BCUT2D eigenvalue weighted by Gasteiger charge is -2.17. The standard InChI is InChI=1S/C10H15N3/c1-7-9(2-3-10(7)11)8-4-12-6-13-5-8/h4-7,9-10H,2-3,11H2,1H3. The van der Waals surface area contributed by atoms with Crippen LogP contribution in [0.1, 0.15) is 31.2 Å². The zero-order valence-corrected chi connectivity index (χ0v) is 7.85. The fourth-order valence-electron chi connectivity index (χ4n) is 2.17. The minimum Gasteiger partial charge on any atom is -0.327 e. The summed E-state index contributed by atoms with van der Waals surface area (Å²) in [6.07, 6.45) is 7.69. The number of aromatic nitrogens is 2. The van der Waals surface area contributed by atoms with Crippen molar-refractivity contribution < 1.29 is 0 Å². The molecule has 70 valence electrons. The molecular formula is C10H15N3. The van der Waals surface area contributed by atoms with Crippen LogP contribution in [-0.4, -0.2) is 16.0 Å². The second-order valence-electron chi connectivity index (χ2n) is 3.88. The van der Waals surface area contributed by atoms with Gasteiger partial charge in [0.2, 0.25) is 0 Å². The van der Waals surface area contributed by atoms with Crippen molar-refractivity contribution in [1.82, 2.24) is 9.97 Å². The number of hydrogen-bond acceptors (Lipinski definition) is 3. The summed E-state index contributed by atoms with van der Waals surface area (Å²) < 4.78 is 0. The molecular weight excluding hydrogens is 162 g/mol. The third kappa shape index (κ3) is 1.56. The summed E-state index contributed by atoms with van der Waals surface area (Å²) in [6.45, 7) is 2.22. The van der Waals surface area contributed by atoms with Crippen LogP contribution < -0.4 is 5.73 Å². The molecule has 0 saturated heterocycles. The highest BCUT2D eigenvalue weighted by Gasteiger charge is 2.31. The van der Waals surface area contributed by atoms with E-state index in [2.05, 4.69) is 16.9 Å². The molecule has 3 unspecified atom stereocenters. The number of hydrogen-bond donors (Lipinski definition) is 1. The Morgan fingerprint density at radius 2 is 2.00 bits per heavy atom. The summed E-state index contributed by atoms with van der Waals surface area (Å²) in [5.74, 6) is 1.13. The lowest BCUT2D eigenvalue weighted by Crippen LogP contribution is -2.24. The minimum atomic E-state index is 0.352. The Bertz CT molecular complexity index is 273. The van der Waals surface area contributed by atoms with E-state index in [0.717, 1.165) is 6.42 Å². The summed E-state index contributed by atoms with van der Waals surface area (Å²) in [5.41, 5.74) is 7.20. The summed E-state index contributed by atoms with van der Waals surface area (Å²) >= 11 is 0. The van der Waals surface area contributed by atoms with Gasteiger partial charge < -0.3 is 5.73 Å². The second kappa shape index (κ2) is 3.42. The molecule has 0 bridgehead atoms. The third-order valence-electron chi connectivity index (χ3n) is 3.13. The van der Waals surface area contributed by atoms with E-state index in [4.69, 9.17) is 5.73 Å². The molecule has 1 aromatic rings. The molecule has 3 heteroatoms. The van der Waals surface area contributed by atoms with Crippen LogP contribution >= 0.6 is 0 Å². The molecule has 0 aliphatic heterocycles. The molecule has 1 fully saturated rings. The molecule has 2 rings (SSSR count). The van der Waals surface area contributed by atoms with Gasteiger partial charge >= 0.3 is 0 Å². The van der Waals surface area contributed by atoms with Gasteiger partial charge in [-0.3, -0.25) is 0 Å². The van der Waals surface area contributed by atoms with Gasteiger partial charge in [0.1, 0.15) is 6.33 Å². The SMILES string of the molecule is CC1C(N)CCC1c1cncnc1. The Balaban J connectivity index is 2.19. The molecule has 2 N–H and O–H groups in total. The Labute approximate surface area is 78.4 Å². The van der Waals surface area contributed by atoms with E-state index in [1.165, 1.54) is 12.0 Å². The van der Waals surface area contributed by atoms with E-state index in [1.54, 1.807) is 6.33 Å². The minimum absolute atomic E-state index is 0.352. The monoisotopic (exact) mass is 177 g/mol. The predicted molar refractivity (Wildman–Crippen MR) is 51.1 cm³/mol. The van der Waals surface area contributed by atoms with Gasteiger partial charge in [-0.05, 0) is 30.2 Å². The normalized spacial score (nSPS) is 33.5. The summed E-state index contributed by atoms with van der Waals surface area (Å²) in [4.78, 5) is 8.07. The molecule has 0 amide bonds. The first-order valence-electron chi connectivity index (χ1n) is 4.79. The van der Waals surface area contributed by atoms with Crippen molar-refractivity contribution in [2.45, 2.75) is 31.7 Å². The predicted octanol–water partition coefficient (Wildman–Crippen LogP) is 1.32. The number of nitrogens with zero attached hydrogens (tertiary/aromatic N) is 2. The van der Waals surface area contributed by atoms with Gasteiger partial charge in [-0.1, -0.05) is 6.92 Å². The Morgan fingerprint density at radius 1 is 1.31 bits per heavy atom. The van der Waals surface area contributed by atoms with Gasteiger partial charge in [0, 0.05) is 18.4 Å². The van der Waals surface area contributed by atoms with Gasteiger partial charge in [0.15, 0.2) is 0 Å². The molecule has 1 saturated carbocycles. The molecule has 0 spiro atoms. The van der Waals surface area contributed by atoms with Gasteiger partial charge in [-0.25, -0.2) is 9.97 Å². The van der Waals surface area contributed by atoms with Crippen LogP contribution in [0.3, 0.4) is 0 Å². The maximum Gasteiger partial charge on any atom is 0.115 e. The quantitative estimate of drug-likeness (QED) is 0.703. The van der Waals surface area contributed by atoms with Crippen LogP contribution in [0, 0.1) is 5.92 Å². The molecule has 1 aliphatic rings. The Kier molecular flexibility index (Phi) is 2.27. The fraction of sp³-hybridized carbons (Fsp3) is 0.600. The lowest BCUT2D eigenvalue weighted by atomic mass is 9.91. The summed E-state index contributed by atoms with van der Waals surface area (Å²) in [7, 11) is 0. The van der Waals surface area contributed by atoms with E-state index >= 15 is 0 Å². The highest BCUT2D eigenvalue weighted by molar-refractivity contribution is 5.14. The molecule has 1 heterocycles. The van der Waals surface area contributed by atoms with Crippen LogP contribution in [0.5, 0.6) is 0 Å². The van der Waals surface area contributed by atoms with E-state index in [-0.39, 0.29) is 0 Å². The van der Waals surface area contributed by atoms with Crippen LogP contribution in [-0.2, 0) is 0 Å². The molecule has 3 atom stereocenters. The summed E-state index contributed by atoms with van der Waals surface area (Å²) in [5, 5.41) is 0. The van der Waals surface area contributed by atoms with Crippen molar-refractivity contribution in [3.8, 4) is 0 Å². The number of rotatable bonds is 1. The molecule has 1 aliphatic carbocycles. The molecule has 0 radical (unpaired) electrons. The van der Waals surface area contributed by atoms with Crippen molar-refractivity contribution in [3.63, 3.8) is 0 Å². The molecule has 1 aromatic heterocycles.